The molecule has 8 nitrogen and oxygen atoms in total. The number of rotatable bonds is 4. The summed E-state index contributed by atoms with van der Waals surface area (Å²) in [5.74, 6) is 1.89. The second-order valence-electron chi connectivity index (χ2n) is 7.85. The van der Waals surface area contributed by atoms with Gasteiger partial charge in [0, 0.05) is 26.2 Å². The second-order valence-corrected chi connectivity index (χ2v) is 7.85. The highest BCUT2D eigenvalue weighted by atomic mass is 127. The lowest BCUT2D eigenvalue weighted by Gasteiger charge is -2.23. The number of halogens is 1. The van der Waals surface area contributed by atoms with Crippen LogP contribution in [0.25, 0.3) is 0 Å². The van der Waals surface area contributed by atoms with Crippen molar-refractivity contribution in [2.75, 3.05) is 20.1 Å². The van der Waals surface area contributed by atoms with Gasteiger partial charge in [-0.1, -0.05) is 19.0 Å². The van der Waals surface area contributed by atoms with Crippen LogP contribution in [-0.2, 0) is 11.3 Å². The first-order chi connectivity index (χ1) is 12.2. The first-order valence-electron chi connectivity index (χ1n) is 9.08. The number of amides is 1. The van der Waals surface area contributed by atoms with E-state index in [9.17, 15) is 4.79 Å². The van der Waals surface area contributed by atoms with Gasteiger partial charge in [0.1, 0.15) is 5.60 Å². The molecule has 1 amide bonds. The minimum atomic E-state index is -0.494. The summed E-state index contributed by atoms with van der Waals surface area (Å²) in [6.07, 6.45) is 0.468. The number of aliphatic imine (C=N–C) groups is 1. The van der Waals surface area contributed by atoms with Gasteiger partial charge >= 0.3 is 6.09 Å². The maximum atomic E-state index is 11.9. The molecule has 1 aliphatic rings. The van der Waals surface area contributed by atoms with Gasteiger partial charge in [0.05, 0.1) is 18.3 Å². The van der Waals surface area contributed by atoms with Crippen molar-refractivity contribution in [1.82, 2.24) is 20.7 Å². The molecule has 1 fully saturated rings. The van der Waals surface area contributed by atoms with Crippen molar-refractivity contribution in [3.63, 3.8) is 0 Å². The fourth-order valence-electron chi connectivity index (χ4n) is 2.73. The average molecular weight is 493 g/mol. The Morgan fingerprint density at radius 3 is 2.74 bits per heavy atom. The largest absolute Gasteiger partial charge is 0.444 e. The molecule has 0 radical (unpaired) electrons. The Hall–Kier alpha value is -1.52. The molecule has 1 aliphatic heterocycles. The molecule has 154 valence electrons. The Kier molecular flexibility index (Phi) is 8.83. The molecular formula is C18H32IN5O3. The Balaban J connectivity index is 0.00000364. The molecule has 2 rings (SSSR count). The minimum absolute atomic E-state index is 0. The van der Waals surface area contributed by atoms with Crippen LogP contribution in [0.15, 0.2) is 15.6 Å². The summed E-state index contributed by atoms with van der Waals surface area (Å²) in [5, 5.41) is 10.3. The van der Waals surface area contributed by atoms with Gasteiger partial charge in [-0.2, -0.15) is 0 Å². The third-order valence-corrected chi connectivity index (χ3v) is 4.01. The zero-order valence-corrected chi connectivity index (χ0v) is 19.4. The van der Waals surface area contributed by atoms with Crippen LogP contribution in [0, 0.1) is 0 Å². The van der Waals surface area contributed by atoms with Crippen LogP contribution in [0.1, 0.15) is 58.4 Å². The Morgan fingerprint density at radius 1 is 1.48 bits per heavy atom. The van der Waals surface area contributed by atoms with Crippen molar-refractivity contribution in [2.24, 2.45) is 4.99 Å². The average Bonchev–Trinajstić information content (AvgIpc) is 3.15. The second kappa shape index (κ2) is 10.1. The molecule has 2 heterocycles. The fourth-order valence-corrected chi connectivity index (χ4v) is 2.73. The number of nitrogens with one attached hydrogen (secondary N) is 2. The van der Waals surface area contributed by atoms with Crippen LogP contribution in [0.3, 0.4) is 0 Å². The van der Waals surface area contributed by atoms with Crippen molar-refractivity contribution in [3.05, 3.63) is 17.5 Å². The van der Waals surface area contributed by atoms with E-state index >= 15 is 0 Å². The number of hydrogen-bond acceptors (Lipinski definition) is 5. The van der Waals surface area contributed by atoms with Gasteiger partial charge in [-0.25, -0.2) is 4.79 Å². The van der Waals surface area contributed by atoms with E-state index < -0.39 is 5.60 Å². The lowest BCUT2D eigenvalue weighted by molar-refractivity contribution is 0.0507. The molecule has 1 saturated heterocycles. The SMILES string of the molecule is CN=C(NCc1cc(C(C)C)no1)N1CCC(NC(=O)OC(C)(C)C)C1.I. The summed E-state index contributed by atoms with van der Waals surface area (Å²) in [6, 6.07) is 2.00. The van der Waals surface area contributed by atoms with Gasteiger partial charge < -0.3 is 24.8 Å². The molecule has 0 saturated carbocycles. The summed E-state index contributed by atoms with van der Waals surface area (Å²) < 4.78 is 10.7. The molecule has 1 atom stereocenters. The number of carbonyl (C=O) groups is 1. The number of nitrogens with zero attached hydrogens (tertiary/aromatic N) is 3. The smallest absolute Gasteiger partial charge is 0.407 e. The number of ether oxygens (including phenoxy) is 1. The molecular weight excluding hydrogens is 461 g/mol. The zero-order valence-electron chi connectivity index (χ0n) is 17.0. The van der Waals surface area contributed by atoms with E-state index in [1.54, 1.807) is 7.05 Å². The Labute approximate surface area is 178 Å². The summed E-state index contributed by atoms with van der Waals surface area (Å²) in [6.45, 7) is 11.7. The lowest BCUT2D eigenvalue weighted by atomic mass is 10.1. The highest BCUT2D eigenvalue weighted by Crippen LogP contribution is 2.15. The summed E-state index contributed by atoms with van der Waals surface area (Å²) in [5.41, 5.74) is 0.450. The van der Waals surface area contributed by atoms with Crippen LogP contribution < -0.4 is 10.6 Å². The third kappa shape index (κ3) is 7.55. The van der Waals surface area contributed by atoms with Gasteiger partial charge in [-0.05, 0) is 33.1 Å². The highest BCUT2D eigenvalue weighted by molar-refractivity contribution is 14.0. The van der Waals surface area contributed by atoms with Crippen molar-refractivity contribution in [1.29, 1.82) is 0 Å². The summed E-state index contributed by atoms with van der Waals surface area (Å²) in [4.78, 5) is 18.3. The molecule has 27 heavy (non-hydrogen) atoms. The van der Waals surface area contributed by atoms with Crippen LogP contribution >= 0.6 is 24.0 Å². The van der Waals surface area contributed by atoms with Crippen molar-refractivity contribution in [3.8, 4) is 0 Å². The molecule has 0 aliphatic carbocycles. The zero-order chi connectivity index (χ0) is 19.3. The fraction of sp³-hybridized carbons (Fsp3) is 0.722. The van der Waals surface area contributed by atoms with E-state index in [0.717, 1.165) is 30.4 Å². The van der Waals surface area contributed by atoms with E-state index in [2.05, 4.69) is 39.5 Å². The summed E-state index contributed by atoms with van der Waals surface area (Å²) in [7, 11) is 1.75. The van der Waals surface area contributed by atoms with E-state index in [-0.39, 0.29) is 36.1 Å². The molecule has 1 aromatic heterocycles. The van der Waals surface area contributed by atoms with Crippen LogP contribution in [0.4, 0.5) is 4.79 Å². The van der Waals surface area contributed by atoms with E-state index in [4.69, 9.17) is 9.26 Å². The van der Waals surface area contributed by atoms with E-state index in [0.29, 0.717) is 19.0 Å². The monoisotopic (exact) mass is 493 g/mol. The van der Waals surface area contributed by atoms with Crippen LogP contribution in [-0.4, -0.2) is 53.9 Å². The van der Waals surface area contributed by atoms with E-state index in [1.807, 2.05) is 26.8 Å². The number of aromatic nitrogens is 1. The number of carbonyl (C=O) groups excluding carboxylic acids is 1. The predicted molar refractivity (Wildman–Crippen MR) is 116 cm³/mol. The quantitative estimate of drug-likeness (QED) is 0.381. The maximum absolute atomic E-state index is 11.9. The van der Waals surface area contributed by atoms with Crippen LogP contribution in [0.5, 0.6) is 0 Å². The molecule has 0 spiro atoms. The van der Waals surface area contributed by atoms with Gasteiger partial charge in [-0.15, -0.1) is 24.0 Å². The Bertz CT molecular complexity index is 639. The first-order valence-corrected chi connectivity index (χ1v) is 9.08. The highest BCUT2D eigenvalue weighted by Gasteiger charge is 2.27. The van der Waals surface area contributed by atoms with Crippen molar-refractivity contribution >= 4 is 36.0 Å². The van der Waals surface area contributed by atoms with Gasteiger partial charge in [0.25, 0.3) is 0 Å². The molecule has 9 heteroatoms. The van der Waals surface area contributed by atoms with Gasteiger partial charge in [0.2, 0.25) is 0 Å². The maximum Gasteiger partial charge on any atom is 0.407 e. The number of likely N-dealkylation sites (tertiary alicyclic amines) is 1. The summed E-state index contributed by atoms with van der Waals surface area (Å²) >= 11 is 0. The number of hydrogen-bond donors (Lipinski definition) is 2. The molecule has 1 aromatic rings. The normalized spacial score (nSPS) is 17.7. The molecule has 1 unspecified atom stereocenters. The molecule has 0 aromatic carbocycles. The number of guanidine groups is 1. The topological polar surface area (TPSA) is 92.0 Å². The predicted octanol–water partition coefficient (Wildman–Crippen LogP) is 3.09. The molecule has 0 bridgehead atoms. The number of alkyl carbamates (subject to hydrolysis) is 1. The first kappa shape index (κ1) is 23.5. The van der Waals surface area contributed by atoms with Crippen LogP contribution in [0.2, 0.25) is 0 Å². The van der Waals surface area contributed by atoms with E-state index in [1.165, 1.54) is 0 Å². The third-order valence-electron chi connectivity index (χ3n) is 4.01. The molecule has 2 N–H and O–H groups in total. The lowest BCUT2D eigenvalue weighted by Crippen LogP contribution is -2.44. The Morgan fingerprint density at radius 2 is 2.19 bits per heavy atom. The van der Waals surface area contributed by atoms with Gasteiger partial charge in [0.15, 0.2) is 11.7 Å². The van der Waals surface area contributed by atoms with Crippen molar-refractivity contribution < 1.29 is 14.1 Å². The van der Waals surface area contributed by atoms with Gasteiger partial charge in [-0.3, -0.25) is 4.99 Å². The standard InChI is InChI=1S/C18H31N5O3.HI/c1-12(2)15-9-14(26-22-15)10-20-16(19-6)23-8-7-13(11-23)21-17(24)25-18(3,4)5;/h9,12-13H,7-8,10-11H2,1-6H3,(H,19,20)(H,21,24);1H. The van der Waals surface area contributed by atoms with Crippen molar-refractivity contribution in [2.45, 2.75) is 65.1 Å². The minimum Gasteiger partial charge on any atom is -0.444 e.